The van der Waals surface area contributed by atoms with Crippen molar-refractivity contribution in [2.45, 2.75) is 19.9 Å². The summed E-state index contributed by atoms with van der Waals surface area (Å²) < 4.78 is 5.56. The Kier molecular flexibility index (Phi) is 5.94. The van der Waals surface area contributed by atoms with Gasteiger partial charge in [0, 0.05) is 33.4 Å². The number of halogens is 1. The molecule has 3 N–H and O–H groups in total. The van der Waals surface area contributed by atoms with Crippen LogP contribution in [0.3, 0.4) is 0 Å². The van der Waals surface area contributed by atoms with Crippen molar-refractivity contribution in [3.05, 3.63) is 94.1 Å². The van der Waals surface area contributed by atoms with Gasteiger partial charge in [0.25, 0.3) is 11.7 Å². The number of amides is 1. The number of phenolic OH excluding ortho intramolecular Hbond substituents is 1. The number of benzene rings is 3. The number of phenols is 1. The predicted octanol–water partition coefficient (Wildman–Crippen LogP) is 5.86. The normalized spacial score (nSPS) is 17.2. The molecule has 5 rings (SSSR count). The van der Waals surface area contributed by atoms with E-state index >= 15 is 0 Å². The number of hydrogen-bond acceptors (Lipinski definition) is 5. The molecule has 1 aliphatic rings. The van der Waals surface area contributed by atoms with Crippen LogP contribution in [-0.4, -0.2) is 33.5 Å². The molecular formula is C28H23ClN2O5. The van der Waals surface area contributed by atoms with Crippen LogP contribution in [0.5, 0.6) is 11.5 Å². The number of carbonyl (C=O) groups excluding carboxylic acids is 2. The molecule has 1 aromatic heterocycles. The van der Waals surface area contributed by atoms with E-state index in [-0.39, 0.29) is 22.8 Å². The molecular weight excluding hydrogens is 480 g/mol. The van der Waals surface area contributed by atoms with Crippen molar-refractivity contribution in [3.8, 4) is 11.5 Å². The van der Waals surface area contributed by atoms with Crippen LogP contribution in [0, 0.1) is 6.92 Å². The Balaban J connectivity index is 1.79. The first-order valence-electron chi connectivity index (χ1n) is 11.4. The summed E-state index contributed by atoms with van der Waals surface area (Å²) in [4.78, 5) is 31.4. The Morgan fingerprint density at radius 2 is 1.89 bits per heavy atom. The van der Waals surface area contributed by atoms with Crippen LogP contribution >= 0.6 is 11.6 Å². The van der Waals surface area contributed by atoms with E-state index in [1.54, 1.807) is 43.5 Å². The maximum atomic E-state index is 13.5. The third kappa shape index (κ3) is 3.78. The number of ether oxygens (including phenoxy) is 1. The zero-order valence-electron chi connectivity index (χ0n) is 19.6. The van der Waals surface area contributed by atoms with Gasteiger partial charge in [-0.2, -0.15) is 0 Å². The summed E-state index contributed by atoms with van der Waals surface area (Å²) in [6.07, 6.45) is 1.61. The van der Waals surface area contributed by atoms with Crippen LogP contribution in [0.4, 0.5) is 5.69 Å². The number of H-pyrrole nitrogens is 1. The summed E-state index contributed by atoms with van der Waals surface area (Å²) in [5.74, 6) is -1.79. The van der Waals surface area contributed by atoms with Gasteiger partial charge in [-0.1, -0.05) is 41.9 Å². The second-order valence-corrected chi connectivity index (χ2v) is 8.94. The number of aliphatic hydroxyl groups is 1. The molecule has 1 fully saturated rings. The fourth-order valence-corrected chi connectivity index (χ4v) is 4.79. The van der Waals surface area contributed by atoms with Crippen molar-refractivity contribution >= 4 is 45.6 Å². The van der Waals surface area contributed by atoms with Crippen molar-refractivity contribution in [1.82, 2.24) is 4.98 Å². The SMILES string of the molecule is CCOc1cc(C2/C(=C(/O)c3c[nH]c4ccccc34)C(=O)C(=O)N2c2cc(Cl)ccc2C)ccc1O. The predicted molar refractivity (Wildman–Crippen MR) is 139 cm³/mol. The van der Waals surface area contributed by atoms with Gasteiger partial charge >= 0.3 is 0 Å². The summed E-state index contributed by atoms with van der Waals surface area (Å²) in [7, 11) is 0. The standard InChI is InChI=1S/C28H23ClN2O5/c1-3-36-23-12-16(9-11-22(23)32)25-24(26(33)19-14-30-20-7-5-4-6-18(19)20)27(34)28(35)31(25)21-13-17(29)10-8-15(21)2/h4-14,25,30,32-33H,3H2,1-2H3/b26-24-. The average molecular weight is 503 g/mol. The second-order valence-electron chi connectivity index (χ2n) is 8.51. The lowest BCUT2D eigenvalue weighted by Gasteiger charge is -2.27. The van der Waals surface area contributed by atoms with Crippen molar-refractivity contribution in [2.24, 2.45) is 0 Å². The molecule has 0 radical (unpaired) electrons. The third-order valence-corrected chi connectivity index (χ3v) is 6.55. The molecule has 0 bridgehead atoms. The van der Waals surface area contributed by atoms with Crippen molar-refractivity contribution < 1.29 is 24.5 Å². The maximum absolute atomic E-state index is 13.5. The summed E-state index contributed by atoms with van der Waals surface area (Å²) in [5, 5.41) is 22.9. The number of aliphatic hydroxyl groups excluding tert-OH is 1. The number of anilines is 1. The number of para-hydroxylation sites is 1. The van der Waals surface area contributed by atoms with E-state index in [1.807, 2.05) is 31.2 Å². The molecule has 36 heavy (non-hydrogen) atoms. The number of aromatic nitrogens is 1. The van der Waals surface area contributed by atoms with Crippen LogP contribution in [0.15, 0.2) is 72.4 Å². The minimum absolute atomic E-state index is 0.0720. The molecule has 7 nitrogen and oxygen atoms in total. The fourth-order valence-electron chi connectivity index (χ4n) is 4.62. The summed E-state index contributed by atoms with van der Waals surface area (Å²) in [6.45, 7) is 3.90. The Morgan fingerprint density at radius 3 is 2.67 bits per heavy atom. The number of aromatic hydroxyl groups is 1. The highest BCUT2D eigenvalue weighted by Crippen LogP contribution is 2.45. The summed E-state index contributed by atoms with van der Waals surface area (Å²) in [5.41, 5.74) is 2.76. The van der Waals surface area contributed by atoms with Gasteiger partial charge in [-0.05, 0) is 55.3 Å². The zero-order valence-corrected chi connectivity index (χ0v) is 20.3. The number of rotatable bonds is 5. The van der Waals surface area contributed by atoms with E-state index in [4.69, 9.17) is 16.3 Å². The van der Waals surface area contributed by atoms with E-state index < -0.39 is 17.7 Å². The monoisotopic (exact) mass is 502 g/mol. The molecule has 1 aliphatic heterocycles. The molecule has 1 saturated heterocycles. The number of carbonyl (C=O) groups is 2. The van der Waals surface area contributed by atoms with Crippen LogP contribution < -0.4 is 9.64 Å². The lowest BCUT2D eigenvalue weighted by molar-refractivity contribution is -0.132. The molecule has 3 aromatic carbocycles. The number of Topliss-reactive ketones (excluding diaryl/α,β-unsaturated/α-hetero) is 1. The molecule has 1 unspecified atom stereocenters. The first-order chi connectivity index (χ1) is 17.3. The molecule has 0 saturated carbocycles. The first-order valence-corrected chi connectivity index (χ1v) is 11.8. The van der Waals surface area contributed by atoms with Gasteiger partial charge in [0.2, 0.25) is 0 Å². The highest BCUT2D eigenvalue weighted by Gasteiger charge is 2.47. The largest absolute Gasteiger partial charge is 0.507 e. The van der Waals surface area contributed by atoms with Gasteiger partial charge in [0.05, 0.1) is 18.2 Å². The number of nitrogens with zero attached hydrogens (tertiary/aromatic N) is 1. The van der Waals surface area contributed by atoms with Gasteiger partial charge in [-0.3, -0.25) is 14.5 Å². The van der Waals surface area contributed by atoms with Gasteiger partial charge in [0.1, 0.15) is 5.76 Å². The number of aryl methyl sites for hydroxylation is 1. The Hall–Kier alpha value is -4.23. The molecule has 4 aromatic rings. The number of fused-ring (bicyclic) bond motifs is 1. The van der Waals surface area contributed by atoms with E-state index in [0.717, 1.165) is 11.1 Å². The summed E-state index contributed by atoms with van der Waals surface area (Å²) in [6, 6.07) is 16.1. The van der Waals surface area contributed by atoms with E-state index in [0.29, 0.717) is 33.8 Å². The first kappa shape index (κ1) is 23.5. The van der Waals surface area contributed by atoms with Gasteiger partial charge in [-0.15, -0.1) is 0 Å². The third-order valence-electron chi connectivity index (χ3n) is 6.32. The smallest absolute Gasteiger partial charge is 0.300 e. The van der Waals surface area contributed by atoms with Crippen molar-refractivity contribution in [1.29, 1.82) is 0 Å². The molecule has 0 spiro atoms. The maximum Gasteiger partial charge on any atom is 0.300 e. The Morgan fingerprint density at radius 1 is 1.11 bits per heavy atom. The highest BCUT2D eigenvalue weighted by atomic mass is 35.5. The van der Waals surface area contributed by atoms with Crippen molar-refractivity contribution in [2.75, 3.05) is 11.5 Å². The van der Waals surface area contributed by atoms with Gasteiger partial charge in [0.15, 0.2) is 11.5 Å². The Labute approximate surface area is 212 Å². The molecule has 0 aliphatic carbocycles. The number of ketones is 1. The average Bonchev–Trinajstić information content (AvgIpc) is 3.41. The summed E-state index contributed by atoms with van der Waals surface area (Å²) >= 11 is 6.26. The molecule has 182 valence electrons. The van der Waals surface area contributed by atoms with Crippen LogP contribution in [-0.2, 0) is 9.59 Å². The van der Waals surface area contributed by atoms with E-state index in [1.165, 1.54) is 11.0 Å². The van der Waals surface area contributed by atoms with E-state index in [2.05, 4.69) is 4.98 Å². The Bertz CT molecular complexity index is 1550. The van der Waals surface area contributed by atoms with Crippen LogP contribution in [0.2, 0.25) is 5.02 Å². The second kappa shape index (κ2) is 9.09. The molecule has 1 amide bonds. The lowest BCUT2D eigenvalue weighted by atomic mass is 9.94. The molecule has 8 heteroatoms. The molecule has 2 heterocycles. The van der Waals surface area contributed by atoms with Crippen LogP contribution in [0.1, 0.15) is 29.7 Å². The van der Waals surface area contributed by atoms with Crippen molar-refractivity contribution in [3.63, 3.8) is 0 Å². The fraction of sp³-hybridized carbons (Fsp3) is 0.143. The quantitative estimate of drug-likeness (QED) is 0.180. The van der Waals surface area contributed by atoms with Gasteiger partial charge < -0.3 is 19.9 Å². The van der Waals surface area contributed by atoms with Gasteiger partial charge in [-0.25, -0.2) is 0 Å². The number of hydrogen-bond donors (Lipinski definition) is 3. The van der Waals surface area contributed by atoms with E-state index in [9.17, 15) is 19.8 Å². The highest BCUT2D eigenvalue weighted by molar-refractivity contribution is 6.52. The molecule has 1 atom stereocenters. The minimum atomic E-state index is -0.990. The minimum Gasteiger partial charge on any atom is -0.507 e. The number of aromatic amines is 1. The lowest BCUT2D eigenvalue weighted by Crippen LogP contribution is -2.30. The topological polar surface area (TPSA) is 103 Å². The zero-order chi connectivity index (χ0) is 25.6. The van der Waals surface area contributed by atoms with Crippen LogP contribution in [0.25, 0.3) is 16.7 Å². The number of nitrogens with one attached hydrogen (secondary N) is 1.